The van der Waals surface area contributed by atoms with E-state index in [1.54, 1.807) is 20.8 Å². The van der Waals surface area contributed by atoms with Crippen molar-refractivity contribution in [2.45, 2.75) is 71.6 Å². The van der Waals surface area contributed by atoms with Crippen LogP contribution in [0.4, 0.5) is 4.79 Å². The minimum Gasteiger partial charge on any atom is -0.467 e. The topological polar surface area (TPSA) is 84.9 Å². The van der Waals surface area contributed by atoms with Gasteiger partial charge in [0.05, 0.1) is 7.11 Å². The molecule has 1 aliphatic heterocycles. The Morgan fingerprint density at radius 1 is 1.25 bits per heavy atom. The van der Waals surface area contributed by atoms with Crippen LogP contribution in [0.5, 0.6) is 0 Å². The van der Waals surface area contributed by atoms with Gasteiger partial charge in [-0.05, 0) is 46.0 Å². The van der Waals surface area contributed by atoms with Gasteiger partial charge in [-0.2, -0.15) is 0 Å². The second kappa shape index (κ2) is 8.35. The predicted molar refractivity (Wildman–Crippen MR) is 89.4 cm³/mol. The third-order valence-corrected chi connectivity index (χ3v) is 3.69. The normalized spacial score (nSPS) is 19.1. The maximum absolute atomic E-state index is 12.6. The van der Waals surface area contributed by atoms with E-state index in [1.165, 1.54) is 12.0 Å². The SMILES string of the molecule is COC(=O)C(CC(C)C)NC(=O)C1CCCN1C(=O)OC(C)(C)C. The first-order valence-electron chi connectivity index (χ1n) is 8.43. The van der Waals surface area contributed by atoms with Gasteiger partial charge in [-0.1, -0.05) is 13.8 Å². The molecule has 0 aromatic rings. The Kier molecular flexibility index (Phi) is 7.05. The van der Waals surface area contributed by atoms with Gasteiger partial charge in [-0.25, -0.2) is 9.59 Å². The fourth-order valence-corrected chi connectivity index (χ4v) is 2.67. The minimum atomic E-state index is -0.705. The van der Waals surface area contributed by atoms with Gasteiger partial charge in [0.2, 0.25) is 5.91 Å². The quantitative estimate of drug-likeness (QED) is 0.773. The summed E-state index contributed by atoms with van der Waals surface area (Å²) in [5.41, 5.74) is -0.618. The van der Waals surface area contributed by atoms with Crippen LogP contribution in [0.15, 0.2) is 0 Å². The predicted octanol–water partition coefficient (Wildman–Crippen LogP) is 2.09. The first-order chi connectivity index (χ1) is 11.0. The summed E-state index contributed by atoms with van der Waals surface area (Å²) in [4.78, 5) is 38.1. The van der Waals surface area contributed by atoms with Crippen LogP contribution in [0.3, 0.4) is 0 Å². The number of carbonyl (C=O) groups excluding carboxylic acids is 3. The van der Waals surface area contributed by atoms with E-state index >= 15 is 0 Å². The molecule has 0 spiro atoms. The molecule has 0 saturated carbocycles. The van der Waals surface area contributed by atoms with Crippen LogP contribution >= 0.6 is 0 Å². The van der Waals surface area contributed by atoms with E-state index in [-0.39, 0.29) is 11.8 Å². The highest BCUT2D eigenvalue weighted by Gasteiger charge is 2.38. The Bertz CT molecular complexity index is 470. The average molecular weight is 342 g/mol. The highest BCUT2D eigenvalue weighted by molar-refractivity contribution is 5.90. The zero-order valence-corrected chi connectivity index (χ0v) is 15.5. The van der Waals surface area contributed by atoms with E-state index < -0.39 is 29.7 Å². The molecule has 2 amide bonds. The molecule has 0 radical (unpaired) electrons. The molecule has 138 valence electrons. The van der Waals surface area contributed by atoms with Gasteiger partial charge in [0, 0.05) is 6.54 Å². The summed E-state index contributed by atoms with van der Waals surface area (Å²) in [7, 11) is 1.30. The lowest BCUT2D eigenvalue weighted by molar-refractivity contribution is -0.146. The van der Waals surface area contributed by atoms with Crippen molar-refractivity contribution in [2.75, 3.05) is 13.7 Å². The summed E-state index contributed by atoms with van der Waals surface area (Å²) in [6.45, 7) is 9.75. The van der Waals surface area contributed by atoms with Crippen LogP contribution < -0.4 is 5.32 Å². The smallest absolute Gasteiger partial charge is 0.410 e. The number of carbonyl (C=O) groups is 3. The molecule has 1 N–H and O–H groups in total. The van der Waals surface area contributed by atoms with Crippen molar-refractivity contribution in [2.24, 2.45) is 5.92 Å². The van der Waals surface area contributed by atoms with Gasteiger partial charge < -0.3 is 14.8 Å². The molecular weight excluding hydrogens is 312 g/mol. The van der Waals surface area contributed by atoms with E-state index in [4.69, 9.17) is 9.47 Å². The second-order valence-corrected chi connectivity index (χ2v) is 7.55. The first kappa shape index (κ1) is 20.3. The number of hydrogen-bond acceptors (Lipinski definition) is 5. The third kappa shape index (κ3) is 6.02. The van der Waals surface area contributed by atoms with Gasteiger partial charge in [-0.15, -0.1) is 0 Å². The first-order valence-corrected chi connectivity index (χ1v) is 8.43. The molecule has 1 rings (SSSR count). The number of ether oxygens (including phenoxy) is 2. The Balaban J connectivity index is 2.76. The van der Waals surface area contributed by atoms with Gasteiger partial charge >= 0.3 is 12.1 Å². The summed E-state index contributed by atoms with van der Waals surface area (Å²) >= 11 is 0. The fourth-order valence-electron chi connectivity index (χ4n) is 2.67. The molecule has 7 heteroatoms. The van der Waals surface area contributed by atoms with E-state index in [9.17, 15) is 14.4 Å². The number of esters is 1. The summed E-state index contributed by atoms with van der Waals surface area (Å²) < 4.78 is 10.1. The molecule has 1 fully saturated rings. The number of methoxy groups -OCH3 is 1. The van der Waals surface area contributed by atoms with Crippen LogP contribution in [-0.4, -0.2) is 54.2 Å². The van der Waals surface area contributed by atoms with E-state index in [0.717, 1.165) is 6.42 Å². The van der Waals surface area contributed by atoms with Crippen molar-refractivity contribution in [3.63, 3.8) is 0 Å². The number of nitrogens with zero attached hydrogens (tertiary/aromatic N) is 1. The standard InChI is InChI=1S/C17H30N2O5/c1-11(2)10-12(15(21)23-6)18-14(20)13-8-7-9-19(13)16(22)24-17(3,4)5/h11-13H,7-10H2,1-6H3,(H,18,20). The van der Waals surface area contributed by atoms with Gasteiger partial charge in [-0.3, -0.25) is 9.69 Å². The zero-order chi connectivity index (χ0) is 18.5. The fraction of sp³-hybridized carbons (Fsp3) is 0.824. The molecule has 2 unspecified atom stereocenters. The van der Waals surface area contributed by atoms with Gasteiger partial charge in [0.15, 0.2) is 0 Å². The molecule has 1 saturated heterocycles. The molecule has 24 heavy (non-hydrogen) atoms. The highest BCUT2D eigenvalue weighted by atomic mass is 16.6. The monoisotopic (exact) mass is 342 g/mol. The van der Waals surface area contributed by atoms with Crippen molar-refractivity contribution in [3.05, 3.63) is 0 Å². The molecule has 1 heterocycles. The highest BCUT2D eigenvalue weighted by Crippen LogP contribution is 2.21. The summed E-state index contributed by atoms with van der Waals surface area (Å²) in [6.07, 6.45) is 1.27. The lowest BCUT2D eigenvalue weighted by Crippen LogP contribution is -2.52. The molecule has 0 aromatic heterocycles. The zero-order valence-electron chi connectivity index (χ0n) is 15.5. The van der Waals surface area contributed by atoms with E-state index in [0.29, 0.717) is 19.4 Å². The lowest BCUT2D eigenvalue weighted by atomic mass is 10.0. The summed E-state index contributed by atoms with van der Waals surface area (Å²) in [6, 6.07) is -1.32. The van der Waals surface area contributed by atoms with Gasteiger partial charge in [0.1, 0.15) is 17.7 Å². The molecular formula is C17H30N2O5. The van der Waals surface area contributed by atoms with E-state index in [1.807, 2.05) is 13.8 Å². The molecule has 0 aromatic carbocycles. The molecule has 2 atom stereocenters. The van der Waals surface area contributed by atoms with Crippen LogP contribution in [0.25, 0.3) is 0 Å². The summed E-state index contributed by atoms with van der Waals surface area (Å²) in [5, 5.41) is 2.73. The average Bonchev–Trinajstić information content (AvgIpc) is 2.92. The van der Waals surface area contributed by atoms with Crippen molar-refractivity contribution in [1.82, 2.24) is 10.2 Å². The number of likely N-dealkylation sites (tertiary alicyclic amines) is 1. The second-order valence-electron chi connectivity index (χ2n) is 7.55. The summed E-state index contributed by atoms with van der Waals surface area (Å²) in [5.74, 6) is -0.590. The van der Waals surface area contributed by atoms with Crippen LogP contribution in [0.2, 0.25) is 0 Å². The van der Waals surface area contributed by atoms with Crippen molar-refractivity contribution < 1.29 is 23.9 Å². The van der Waals surface area contributed by atoms with Crippen molar-refractivity contribution >= 4 is 18.0 Å². The van der Waals surface area contributed by atoms with Crippen LogP contribution in [0.1, 0.15) is 53.9 Å². The Morgan fingerprint density at radius 3 is 2.38 bits per heavy atom. The Labute approximate surface area is 144 Å². The number of amides is 2. The van der Waals surface area contributed by atoms with E-state index in [2.05, 4.69) is 5.32 Å². The number of hydrogen-bond donors (Lipinski definition) is 1. The molecule has 0 aliphatic carbocycles. The van der Waals surface area contributed by atoms with Crippen LogP contribution in [0, 0.1) is 5.92 Å². The van der Waals surface area contributed by atoms with Gasteiger partial charge in [0.25, 0.3) is 0 Å². The maximum Gasteiger partial charge on any atom is 0.410 e. The van der Waals surface area contributed by atoms with Crippen LogP contribution in [-0.2, 0) is 19.1 Å². The lowest BCUT2D eigenvalue weighted by Gasteiger charge is -2.29. The minimum absolute atomic E-state index is 0.222. The number of rotatable bonds is 5. The Hall–Kier alpha value is -1.79. The molecule has 1 aliphatic rings. The molecule has 0 bridgehead atoms. The van der Waals surface area contributed by atoms with Crippen molar-refractivity contribution in [1.29, 1.82) is 0 Å². The van der Waals surface area contributed by atoms with Crippen molar-refractivity contribution in [3.8, 4) is 0 Å². The Morgan fingerprint density at radius 2 is 1.88 bits per heavy atom. The number of nitrogens with one attached hydrogen (secondary N) is 1. The third-order valence-electron chi connectivity index (χ3n) is 3.69. The maximum atomic E-state index is 12.6. The largest absolute Gasteiger partial charge is 0.467 e. The molecule has 7 nitrogen and oxygen atoms in total.